The summed E-state index contributed by atoms with van der Waals surface area (Å²) in [5, 5.41) is 12.9. The lowest BCUT2D eigenvalue weighted by atomic mass is 10.1. The summed E-state index contributed by atoms with van der Waals surface area (Å²) in [6.07, 6.45) is 4.63. The van der Waals surface area contributed by atoms with Gasteiger partial charge in [-0.3, -0.25) is 0 Å². The fraction of sp³-hybridized carbons (Fsp3) is 0.636. The van der Waals surface area contributed by atoms with Gasteiger partial charge in [-0.25, -0.2) is 4.98 Å². The number of hydrogen-bond acceptors (Lipinski definition) is 5. The predicted molar refractivity (Wildman–Crippen MR) is 63.0 cm³/mol. The van der Waals surface area contributed by atoms with E-state index in [-0.39, 0.29) is 12.1 Å². The van der Waals surface area contributed by atoms with E-state index in [0.717, 1.165) is 37.2 Å². The molecule has 4 N–H and O–H groups in total. The van der Waals surface area contributed by atoms with Gasteiger partial charge in [0.2, 0.25) is 5.95 Å². The van der Waals surface area contributed by atoms with E-state index in [2.05, 4.69) is 15.3 Å². The normalized spacial score (nSPS) is 24.6. The molecule has 1 heterocycles. The molecule has 1 fully saturated rings. The van der Waals surface area contributed by atoms with Gasteiger partial charge in [-0.2, -0.15) is 4.98 Å². The van der Waals surface area contributed by atoms with Gasteiger partial charge in [-0.1, -0.05) is 6.42 Å². The first-order valence-corrected chi connectivity index (χ1v) is 5.68. The van der Waals surface area contributed by atoms with Crippen LogP contribution in [0.4, 0.5) is 11.8 Å². The molecule has 1 aliphatic carbocycles. The standard InChI is InChI=1S/C11H18N4O/c1-7-5-14-11(12)15-10(7)13-6-8-3-2-4-9(8)16/h5,8-9,16H,2-4,6H2,1H3,(H3,12,13,14,15). The van der Waals surface area contributed by atoms with Gasteiger partial charge in [0.05, 0.1) is 6.10 Å². The number of hydrogen-bond donors (Lipinski definition) is 3. The summed E-state index contributed by atoms with van der Waals surface area (Å²) in [5.41, 5.74) is 6.50. The van der Waals surface area contributed by atoms with Crippen LogP contribution < -0.4 is 11.1 Å². The lowest BCUT2D eigenvalue weighted by Crippen LogP contribution is -2.22. The average Bonchev–Trinajstić information content (AvgIpc) is 2.66. The van der Waals surface area contributed by atoms with Crippen molar-refractivity contribution in [1.29, 1.82) is 0 Å². The first-order valence-electron chi connectivity index (χ1n) is 5.68. The molecule has 5 heteroatoms. The van der Waals surface area contributed by atoms with Crippen molar-refractivity contribution in [1.82, 2.24) is 9.97 Å². The smallest absolute Gasteiger partial charge is 0.221 e. The molecular weight excluding hydrogens is 204 g/mol. The Morgan fingerprint density at radius 3 is 3.06 bits per heavy atom. The molecule has 5 nitrogen and oxygen atoms in total. The fourth-order valence-corrected chi connectivity index (χ4v) is 2.12. The van der Waals surface area contributed by atoms with Crippen LogP contribution in [-0.2, 0) is 0 Å². The van der Waals surface area contributed by atoms with Crippen LogP contribution in [0.25, 0.3) is 0 Å². The summed E-state index contributed by atoms with van der Waals surface area (Å²) in [6.45, 7) is 2.69. The van der Waals surface area contributed by atoms with Crippen LogP contribution in [0, 0.1) is 12.8 Å². The highest BCUT2D eigenvalue weighted by Gasteiger charge is 2.24. The zero-order chi connectivity index (χ0) is 11.5. The Morgan fingerprint density at radius 1 is 1.56 bits per heavy atom. The molecule has 1 aromatic rings. The Labute approximate surface area is 95.1 Å². The Morgan fingerprint density at radius 2 is 2.38 bits per heavy atom. The molecule has 0 aromatic carbocycles. The van der Waals surface area contributed by atoms with Gasteiger partial charge in [0, 0.05) is 24.2 Å². The van der Waals surface area contributed by atoms with Gasteiger partial charge < -0.3 is 16.2 Å². The van der Waals surface area contributed by atoms with E-state index in [1.807, 2.05) is 6.92 Å². The SMILES string of the molecule is Cc1cnc(N)nc1NCC1CCCC1O. The third-order valence-electron chi connectivity index (χ3n) is 3.14. The second-order valence-corrected chi connectivity index (χ2v) is 4.40. The summed E-state index contributed by atoms with van der Waals surface area (Å²) in [7, 11) is 0. The molecule has 1 aromatic heterocycles. The van der Waals surface area contributed by atoms with E-state index < -0.39 is 0 Å². The van der Waals surface area contributed by atoms with Crippen molar-refractivity contribution in [2.75, 3.05) is 17.6 Å². The Hall–Kier alpha value is -1.36. The molecular formula is C11H18N4O. The maximum absolute atomic E-state index is 9.69. The van der Waals surface area contributed by atoms with Gasteiger partial charge in [0.15, 0.2) is 0 Å². The van der Waals surface area contributed by atoms with Gasteiger partial charge >= 0.3 is 0 Å². The maximum Gasteiger partial charge on any atom is 0.221 e. The van der Waals surface area contributed by atoms with Crippen molar-refractivity contribution in [3.8, 4) is 0 Å². The van der Waals surface area contributed by atoms with E-state index in [1.165, 1.54) is 0 Å². The number of aliphatic hydroxyl groups is 1. The van der Waals surface area contributed by atoms with Crippen LogP contribution in [0.1, 0.15) is 24.8 Å². The number of nitrogens with zero attached hydrogens (tertiary/aromatic N) is 2. The number of rotatable bonds is 3. The molecule has 1 aliphatic rings. The van der Waals surface area contributed by atoms with Gasteiger partial charge in [0.1, 0.15) is 5.82 Å². The van der Waals surface area contributed by atoms with Crippen molar-refractivity contribution in [2.24, 2.45) is 5.92 Å². The number of anilines is 2. The van der Waals surface area contributed by atoms with Crippen molar-refractivity contribution in [2.45, 2.75) is 32.3 Å². The molecule has 16 heavy (non-hydrogen) atoms. The third kappa shape index (κ3) is 2.41. The van der Waals surface area contributed by atoms with E-state index in [1.54, 1.807) is 6.20 Å². The highest BCUT2D eigenvalue weighted by molar-refractivity contribution is 5.45. The largest absolute Gasteiger partial charge is 0.393 e. The Balaban J connectivity index is 1.96. The molecule has 0 amide bonds. The summed E-state index contributed by atoms with van der Waals surface area (Å²) in [5.74, 6) is 1.38. The lowest BCUT2D eigenvalue weighted by Gasteiger charge is -2.16. The second kappa shape index (κ2) is 4.65. The zero-order valence-corrected chi connectivity index (χ0v) is 9.48. The first-order chi connectivity index (χ1) is 7.66. The number of aliphatic hydroxyl groups excluding tert-OH is 1. The highest BCUT2D eigenvalue weighted by atomic mass is 16.3. The molecule has 0 aliphatic heterocycles. The Kier molecular flexibility index (Phi) is 3.24. The number of aryl methyl sites for hydroxylation is 1. The summed E-state index contributed by atoms with van der Waals surface area (Å²) in [4.78, 5) is 8.04. The average molecular weight is 222 g/mol. The molecule has 2 rings (SSSR count). The Bertz CT molecular complexity index is 369. The quantitative estimate of drug-likeness (QED) is 0.709. The molecule has 0 spiro atoms. The molecule has 88 valence electrons. The van der Waals surface area contributed by atoms with Gasteiger partial charge in [-0.05, 0) is 19.8 Å². The van der Waals surface area contributed by atoms with E-state index >= 15 is 0 Å². The summed E-state index contributed by atoms with van der Waals surface area (Å²) >= 11 is 0. The molecule has 0 saturated heterocycles. The highest BCUT2D eigenvalue weighted by Crippen LogP contribution is 2.25. The summed E-state index contributed by atoms with van der Waals surface area (Å²) in [6, 6.07) is 0. The number of aromatic nitrogens is 2. The van der Waals surface area contributed by atoms with Gasteiger partial charge in [0.25, 0.3) is 0 Å². The van der Waals surface area contributed by atoms with E-state index in [0.29, 0.717) is 5.92 Å². The second-order valence-electron chi connectivity index (χ2n) is 4.40. The molecule has 0 radical (unpaired) electrons. The maximum atomic E-state index is 9.69. The van der Waals surface area contributed by atoms with E-state index in [9.17, 15) is 5.11 Å². The van der Waals surface area contributed by atoms with Crippen molar-refractivity contribution in [3.05, 3.63) is 11.8 Å². The molecule has 0 bridgehead atoms. The minimum Gasteiger partial charge on any atom is -0.393 e. The van der Waals surface area contributed by atoms with Crippen molar-refractivity contribution >= 4 is 11.8 Å². The van der Waals surface area contributed by atoms with Crippen LogP contribution >= 0.6 is 0 Å². The first kappa shape index (κ1) is 11.1. The van der Waals surface area contributed by atoms with E-state index in [4.69, 9.17) is 5.73 Å². The molecule has 2 unspecified atom stereocenters. The predicted octanol–water partition coefficient (Wildman–Crippen LogP) is 0.940. The fourth-order valence-electron chi connectivity index (χ4n) is 2.12. The minimum atomic E-state index is -0.174. The monoisotopic (exact) mass is 222 g/mol. The molecule has 1 saturated carbocycles. The summed E-state index contributed by atoms with van der Waals surface area (Å²) < 4.78 is 0. The van der Waals surface area contributed by atoms with Crippen LogP contribution in [0.2, 0.25) is 0 Å². The van der Waals surface area contributed by atoms with Gasteiger partial charge in [-0.15, -0.1) is 0 Å². The zero-order valence-electron chi connectivity index (χ0n) is 9.48. The minimum absolute atomic E-state index is 0.174. The third-order valence-corrected chi connectivity index (χ3v) is 3.14. The number of nitrogens with two attached hydrogens (primary N) is 1. The molecule has 2 atom stereocenters. The lowest BCUT2D eigenvalue weighted by molar-refractivity contribution is 0.138. The van der Waals surface area contributed by atoms with Crippen LogP contribution in [-0.4, -0.2) is 27.7 Å². The topological polar surface area (TPSA) is 84.1 Å². The van der Waals surface area contributed by atoms with Crippen LogP contribution in [0.15, 0.2) is 6.20 Å². The van der Waals surface area contributed by atoms with Crippen LogP contribution in [0.5, 0.6) is 0 Å². The van der Waals surface area contributed by atoms with Crippen LogP contribution in [0.3, 0.4) is 0 Å². The number of nitrogens with one attached hydrogen (secondary N) is 1. The van der Waals surface area contributed by atoms with Crippen molar-refractivity contribution in [3.63, 3.8) is 0 Å². The van der Waals surface area contributed by atoms with Crippen molar-refractivity contribution < 1.29 is 5.11 Å². The number of nitrogen functional groups attached to an aromatic ring is 1.